The predicted molar refractivity (Wildman–Crippen MR) is 104 cm³/mol. The van der Waals surface area contributed by atoms with E-state index in [1.165, 1.54) is 18.4 Å². The second-order valence-corrected chi connectivity index (χ2v) is 9.16. The van der Waals surface area contributed by atoms with Crippen molar-refractivity contribution in [3.05, 3.63) is 46.4 Å². The van der Waals surface area contributed by atoms with Crippen LogP contribution in [-0.4, -0.2) is 36.4 Å². The maximum absolute atomic E-state index is 12.3. The minimum absolute atomic E-state index is 0.218. The minimum Gasteiger partial charge on any atom is -0.324 e. The molecule has 2 aromatic heterocycles. The first-order valence-corrected chi connectivity index (χ1v) is 10.4. The van der Waals surface area contributed by atoms with Gasteiger partial charge in [-0.3, -0.25) is 0 Å². The van der Waals surface area contributed by atoms with E-state index in [1.54, 1.807) is 29.5 Å². The Kier molecular flexibility index (Phi) is 5.02. The van der Waals surface area contributed by atoms with Gasteiger partial charge in [0.15, 0.2) is 5.82 Å². The lowest BCUT2D eigenvalue weighted by atomic mass is 10.3. The molecular weight excluding hydrogens is 378 g/mol. The van der Waals surface area contributed by atoms with Crippen molar-refractivity contribution in [2.45, 2.75) is 18.4 Å². The summed E-state index contributed by atoms with van der Waals surface area (Å²) in [5, 5.41) is 2.51. The van der Waals surface area contributed by atoms with E-state index in [2.05, 4.69) is 4.98 Å². The number of nitrogens with zero attached hydrogens (tertiary/aromatic N) is 3. The Balaban J connectivity index is 2.15. The highest BCUT2D eigenvalue weighted by Gasteiger charge is 2.20. The second kappa shape index (κ2) is 6.92. The van der Waals surface area contributed by atoms with E-state index in [0.717, 1.165) is 10.4 Å². The molecule has 0 amide bonds. The van der Waals surface area contributed by atoms with Crippen molar-refractivity contribution in [2.75, 3.05) is 14.1 Å². The Morgan fingerprint density at radius 1 is 1.36 bits per heavy atom. The summed E-state index contributed by atoms with van der Waals surface area (Å²) in [6.07, 6.45) is 1.87. The molecule has 0 spiro atoms. The SMILES string of the molecule is CCn1c(/C(Cl)=C/c2cccs2)nc2cc(S(=O)(=O)N(C)C)ccc21. The lowest BCUT2D eigenvalue weighted by Crippen LogP contribution is -2.22. The Bertz CT molecular complexity index is 1040. The molecule has 132 valence electrons. The number of imidazole rings is 1. The standard InChI is InChI=1S/C17H18ClN3O2S2/c1-4-21-16-8-7-13(25(22,23)20(2)3)11-15(16)19-17(21)14(18)10-12-6-5-9-24-12/h5-11H,4H2,1-3H3/b14-10-. The third kappa shape index (κ3) is 3.37. The number of aromatic nitrogens is 2. The molecule has 3 rings (SSSR count). The third-order valence-corrected chi connectivity index (χ3v) is 6.75. The molecule has 0 N–H and O–H groups in total. The summed E-state index contributed by atoms with van der Waals surface area (Å²) in [6, 6.07) is 8.92. The van der Waals surface area contributed by atoms with Crippen LogP contribution in [0.5, 0.6) is 0 Å². The normalized spacial score (nSPS) is 13.1. The van der Waals surface area contributed by atoms with Crippen molar-refractivity contribution < 1.29 is 8.42 Å². The molecule has 0 saturated carbocycles. The molecule has 25 heavy (non-hydrogen) atoms. The van der Waals surface area contributed by atoms with E-state index in [0.29, 0.717) is 22.9 Å². The maximum Gasteiger partial charge on any atom is 0.242 e. The van der Waals surface area contributed by atoms with Crippen molar-refractivity contribution >= 4 is 55.1 Å². The van der Waals surface area contributed by atoms with E-state index in [-0.39, 0.29) is 4.90 Å². The van der Waals surface area contributed by atoms with Crippen LogP contribution in [0.2, 0.25) is 0 Å². The first kappa shape index (κ1) is 18.1. The van der Waals surface area contributed by atoms with Crippen LogP contribution in [0.4, 0.5) is 0 Å². The number of thiophene rings is 1. The average molecular weight is 396 g/mol. The molecule has 0 atom stereocenters. The van der Waals surface area contributed by atoms with Gasteiger partial charge in [-0.25, -0.2) is 17.7 Å². The van der Waals surface area contributed by atoms with Gasteiger partial charge in [0.1, 0.15) is 0 Å². The van der Waals surface area contributed by atoms with Crippen LogP contribution >= 0.6 is 22.9 Å². The van der Waals surface area contributed by atoms with Crippen LogP contribution in [0.15, 0.2) is 40.6 Å². The quantitative estimate of drug-likeness (QED) is 0.653. The number of hydrogen-bond donors (Lipinski definition) is 0. The molecule has 0 aliphatic carbocycles. The molecule has 0 aliphatic heterocycles. The molecular formula is C17H18ClN3O2S2. The van der Waals surface area contributed by atoms with E-state index in [1.807, 2.05) is 35.1 Å². The summed E-state index contributed by atoms with van der Waals surface area (Å²) in [5.74, 6) is 0.631. The Labute approximate surface area is 156 Å². The van der Waals surface area contributed by atoms with Crippen molar-refractivity contribution in [3.63, 3.8) is 0 Å². The van der Waals surface area contributed by atoms with E-state index < -0.39 is 10.0 Å². The Morgan fingerprint density at radius 3 is 2.72 bits per heavy atom. The predicted octanol–water partition coefficient (Wildman–Crippen LogP) is 4.10. The molecule has 0 radical (unpaired) electrons. The monoisotopic (exact) mass is 395 g/mol. The van der Waals surface area contributed by atoms with Crippen LogP contribution in [-0.2, 0) is 16.6 Å². The number of aryl methyl sites for hydroxylation is 1. The molecule has 0 fully saturated rings. The Hall–Kier alpha value is -1.67. The first-order chi connectivity index (χ1) is 11.8. The number of rotatable bonds is 5. The summed E-state index contributed by atoms with van der Waals surface area (Å²) in [6.45, 7) is 2.69. The van der Waals surface area contributed by atoms with Crippen molar-refractivity contribution in [1.29, 1.82) is 0 Å². The highest BCUT2D eigenvalue weighted by atomic mass is 35.5. The van der Waals surface area contributed by atoms with Crippen LogP contribution in [0.3, 0.4) is 0 Å². The van der Waals surface area contributed by atoms with Gasteiger partial charge in [0.05, 0.1) is 21.0 Å². The molecule has 3 aromatic rings. The molecule has 8 heteroatoms. The van der Waals surface area contributed by atoms with Gasteiger partial charge in [-0.1, -0.05) is 17.7 Å². The molecule has 0 bridgehead atoms. The van der Waals surface area contributed by atoms with Gasteiger partial charge in [-0.15, -0.1) is 11.3 Å². The summed E-state index contributed by atoms with van der Waals surface area (Å²) in [7, 11) is -0.481. The van der Waals surface area contributed by atoms with Gasteiger partial charge in [0.2, 0.25) is 10.0 Å². The fourth-order valence-electron chi connectivity index (χ4n) is 2.55. The lowest BCUT2D eigenvalue weighted by molar-refractivity contribution is 0.521. The van der Waals surface area contributed by atoms with Gasteiger partial charge >= 0.3 is 0 Å². The summed E-state index contributed by atoms with van der Waals surface area (Å²) < 4.78 is 27.8. The fourth-order valence-corrected chi connectivity index (χ4v) is 4.45. The Morgan fingerprint density at radius 2 is 2.12 bits per heavy atom. The number of benzene rings is 1. The zero-order valence-electron chi connectivity index (χ0n) is 14.1. The van der Waals surface area contributed by atoms with Crippen molar-refractivity contribution in [3.8, 4) is 0 Å². The lowest BCUT2D eigenvalue weighted by Gasteiger charge is -2.11. The smallest absolute Gasteiger partial charge is 0.242 e. The topological polar surface area (TPSA) is 55.2 Å². The van der Waals surface area contributed by atoms with Gasteiger partial charge in [0.25, 0.3) is 0 Å². The molecule has 5 nitrogen and oxygen atoms in total. The number of fused-ring (bicyclic) bond motifs is 1. The highest BCUT2D eigenvalue weighted by molar-refractivity contribution is 7.89. The number of hydrogen-bond acceptors (Lipinski definition) is 4. The molecule has 0 aliphatic rings. The van der Waals surface area contributed by atoms with Gasteiger partial charge in [-0.2, -0.15) is 0 Å². The van der Waals surface area contributed by atoms with Crippen LogP contribution in [0.25, 0.3) is 22.1 Å². The van der Waals surface area contributed by atoms with Crippen molar-refractivity contribution in [2.24, 2.45) is 0 Å². The highest BCUT2D eigenvalue weighted by Crippen LogP contribution is 2.29. The summed E-state index contributed by atoms with van der Waals surface area (Å²) >= 11 is 8.08. The summed E-state index contributed by atoms with van der Waals surface area (Å²) in [5.41, 5.74) is 1.46. The van der Waals surface area contributed by atoms with Crippen LogP contribution < -0.4 is 0 Å². The van der Waals surface area contributed by atoms with E-state index in [9.17, 15) is 8.42 Å². The molecule has 0 unspecified atom stereocenters. The maximum atomic E-state index is 12.3. The van der Waals surface area contributed by atoms with Gasteiger partial charge < -0.3 is 4.57 Å². The molecule has 0 saturated heterocycles. The average Bonchev–Trinajstić information content (AvgIpc) is 3.20. The van der Waals surface area contributed by atoms with E-state index >= 15 is 0 Å². The van der Waals surface area contributed by atoms with Gasteiger partial charge in [-0.05, 0) is 42.6 Å². The molecule has 2 heterocycles. The first-order valence-electron chi connectivity index (χ1n) is 7.68. The van der Waals surface area contributed by atoms with Crippen LogP contribution in [0.1, 0.15) is 17.6 Å². The minimum atomic E-state index is -3.50. The largest absolute Gasteiger partial charge is 0.324 e. The number of halogens is 1. The zero-order chi connectivity index (χ0) is 18.2. The molecule has 1 aromatic carbocycles. The zero-order valence-corrected chi connectivity index (χ0v) is 16.5. The number of sulfonamides is 1. The van der Waals surface area contributed by atoms with E-state index in [4.69, 9.17) is 11.6 Å². The van der Waals surface area contributed by atoms with Crippen LogP contribution in [0, 0.1) is 0 Å². The van der Waals surface area contributed by atoms with Gasteiger partial charge in [0, 0.05) is 25.5 Å². The van der Waals surface area contributed by atoms with Crippen molar-refractivity contribution in [1.82, 2.24) is 13.9 Å². The second-order valence-electron chi connectivity index (χ2n) is 5.63. The summed E-state index contributed by atoms with van der Waals surface area (Å²) in [4.78, 5) is 5.84. The fraction of sp³-hybridized carbons (Fsp3) is 0.235. The third-order valence-electron chi connectivity index (χ3n) is 3.84.